The van der Waals surface area contributed by atoms with E-state index in [2.05, 4.69) is 72.7 Å². The number of nitrogens with one attached hydrogen (secondary N) is 2. The third-order valence-corrected chi connectivity index (χ3v) is 8.95. The van der Waals surface area contributed by atoms with Crippen molar-refractivity contribution < 1.29 is 0 Å². The molecule has 2 aromatic carbocycles. The lowest BCUT2D eigenvalue weighted by molar-refractivity contribution is 0.0258. The average Bonchev–Trinajstić information content (AvgIpc) is 2.85. The number of anilines is 1. The van der Waals surface area contributed by atoms with E-state index in [4.69, 9.17) is 0 Å². The van der Waals surface area contributed by atoms with E-state index in [0.717, 1.165) is 43.4 Å². The fraction of sp³-hybridized carbons (Fsp3) is 0.576. The second kappa shape index (κ2) is 11.3. The SMILES string of the molecule is CCCC(C)(C)C(CC)(c1ccccc1C(=N)N(C(=N)C1CCCCC1)c1ccccc1)C(C)(C)C. The lowest BCUT2D eigenvalue weighted by atomic mass is 9.48. The van der Waals surface area contributed by atoms with Crippen molar-refractivity contribution in [1.82, 2.24) is 0 Å². The number of hydrogen-bond donors (Lipinski definition) is 2. The molecule has 2 N–H and O–H groups in total. The first-order chi connectivity index (χ1) is 17.0. The van der Waals surface area contributed by atoms with Crippen molar-refractivity contribution in [2.24, 2.45) is 16.7 Å². The van der Waals surface area contributed by atoms with Crippen LogP contribution >= 0.6 is 0 Å². The molecule has 0 aliphatic heterocycles. The molecule has 196 valence electrons. The summed E-state index contributed by atoms with van der Waals surface area (Å²) in [6.07, 6.45) is 8.95. The molecule has 0 bridgehead atoms. The second-order valence-corrected chi connectivity index (χ2v) is 12.4. The maximum absolute atomic E-state index is 9.67. The Morgan fingerprint density at radius 2 is 1.42 bits per heavy atom. The minimum absolute atomic E-state index is 0.00867. The summed E-state index contributed by atoms with van der Waals surface area (Å²) in [4.78, 5) is 1.94. The van der Waals surface area contributed by atoms with E-state index in [1.54, 1.807) is 0 Å². The number of para-hydroxylation sites is 1. The Labute approximate surface area is 220 Å². The van der Waals surface area contributed by atoms with Crippen LogP contribution in [0.4, 0.5) is 5.69 Å². The first-order valence-electron chi connectivity index (χ1n) is 14.1. The molecule has 3 rings (SSSR count). The van der Waals surface area contributed by atoms with Gasteiger partial charge in [-0.1, -0.05) is 117 Å². The lowest BCUT2D eigenvalue weighted by Crippen LogP contribution is -2.52. The Balaban J connectivity index is 2.22. The summed E-state index contributed by atoms with van der Waals surface area (Å²) < 4.78 is 0. The van der Waals surface area contributed by atoms with Crippen molar-refractivity contribution in [1.29, 1.82) is 10.8 Å². The highest BCUT2D eigenvalue weighted by Crippen LogP contribution is 2.58. The van der Waals surface area contributed by atoms with E-state index in [9.17, 15) is 10.8 Å². The number of hydrogen-bond acceptors (Lipinski definition) is 2. The van der Waals surface area contributed by atoms with Crippen LogP contribution in [0.15, 0.2) is 54.6 Å². The van der Waals surface area contributed by atoms with E-state index in [-0.39, 0.29) is 22.2 Å². The maximum Gasteiger partial charge on any atom is 0.138 e. The summed E-state index contributed by atoms with van der Waals surface area (Å²) in [5.74, 6) is 1.22. The summed E-state index contributed by atoms with van der Waals surface area (Å²) in [6.45, 7) is 16.5. The summed E-state index contributed by atoms with van der Waals surface area (Å²) in [6, 6.07) is 18.7. The van der Waals surface area contributed by atoms with Crippen molar-refractivity contribution in [3.8, 4) is 0 Å². The van der Waals surface area contributed by atoms with Crippen LogP contribution in [0, 0.1) is 27.6 Å². The average molecular weight is 488 g/mol. The molecule has 3 heteroatoms. The van der Waals surface area contributed by atoms with Gasteiger partial charge in [0.25, 0.3) is 0 Å². The minimum atomic E-state index is -0.131. The van der Waals surface area contributed by atoms with Gasteiger partial charge in [-0.15, -0.1) is 0 Å². The monoisotopic (exact) mass is 487 g/mol. The van der Waals surface area contributed by atoms with Gasteiger partial charge in [-0.25, -0.2) is 0 Å². The molecular formula is C33H49N3. The smallest absolute Gasteiger partial charge is 0.138 e. The van der Waals surface area contributed by atoms with Gasteiger partial charge in [0, 0.05) is 22.6 Å². The van der Waals surface area contributed by atoms with E-state index in [1.165, 1.54) is 24.8 Å². The standard InChI is InChI=1S/C33H49N3/c1-8-24-32(6,7)33(9-2,31(3,4)5)28-23-17-16-22-27(28)30(35)36(26-20-14-11-15-21-26)29(34)25-18-12-10-13-19-25/h11,14-17,20-23,25,34-35H,8-10,12-13,18-19,24H2,1-7H3. The summed E-state index contributed by atoms with van der Waals surface area (Å²) in [5, 5.41) is 19.0. The predicted octanol–water partition coefficient (Wildman–Crippen LogP) is 9.60. The van der Waals surface area contributed by atoms with Gasteiger partial charge in [-0.3, -0.25) is 15.7 Å². The molecule has 1 atom stereocenters. The van der Waals surface area contributed by atoms with E-state index >= 15 is 0 Å². The number of amidine groups is 2. The summed E-state index contributed by atoms with van der Waals surface area (Å²) in [5.41, 5.74) is 3.03. The Morgan fingerprint density at radius 3 is 1.97 bits per heavy atom. The van der Waals surface area contributed by atoms with Crippen molar-refractivity contribution in [3.05, 3.63) is 65.7 Å². The van der Waals surface area contributed by atoms with Gasteiger partial charge in [-0.05, 0) is 54.2 Å². The van der Waals surface area contributed by atoms with Gasteiger partial charge in [-0.2, -0.15) is 0 Å². The van der Waals surface area contributed by atoms with Crippen LogP contribution in [0.25, 0.3) is 0 Å². The van der Waals surface area contributed by atoms with Crippen LogP contribution in [0.5, 0.6) is 0 Å². The number of rotatable bonds is 8. The van der Waals surface area contributed by atoms with Crippen LogP contribution in [0.1, 0.15) is 111 Å². The summed E-state index contributed by atoms with van der Waals surface area (Å²) in [7, 11) is 0. The van der Waals surface area contributed by atoms with Gasteiger partial charge < -0.3 is 0 Å². The van der Waals surface area contributed by atoms with E-state index < -0.39 is 0 Å². The normalized spacial score (nSPS) is 16.9. The molecular weight excluding hydrogens is 438 g/mol. The molecule has 0 heterocycles. The fourth-order valence-electron chi connectivity index (χ4n) is 7.53. The third kappa shape index (κ3) is 5.17. The Kier molecular flexibility index (Phi) is 8.85. The quantitative estimate of drug-likeness (QED) is 0.282. The molecule has 3 nitrogen and oxygen atoms in total. The molecule has 2 aromatic rings. The van der Waals surface area contributed by atoms with Gasteiger partial charge in [0.15, 0.2) is 0 Å². The molecule has 1 saturated carbocycles. The zero-order chi connectivity index (χ0) is 26.6. The highest BCUT2D eigenvalue weighted by atomic mass is 15.2. The van der Waals surface area contributed by atoms with Gasteiger partial charge >= 0.3 is 0 Å². The Hall–Kier alpha value is -2.42. The third-order valence-electron chi connectivity index (χ3n) is 8.95. The number of nitrogens with zero attached hydrogens (tertiary/aromatic N) is 1. The van der Waals surface area contributed by atoms with Crippen LogP contribution < -0.4 is 4.90 Å². The molecule has 36 heavy (non-hydrogen) atoms. The highest BCUT2D eigenvalue weighted by molar-refractivity contribution is 6.24. The van der Waals surface area contributed by atoms with E-state index in [0.29, 0.717) is 11.7 Å². The lowest BCUT2D eigenvalue weighted by Gasteiger charge is -2.56. The predicted molar refractivity (Wildman–Crippen MR) is 157 cm³/mol. The molecule has 1 unspecified atom stereocenters. The van der Waals surface area contributed by atoms with Crippen molar-refractivity contribution in [2.45, 2.75) is 105 Å². The zero-order valence-electron chi connectivity index (χ0n) is 23.9. The van der Waals surface area contributed by atoms with Crippen LogP contribution in [-0.4, -0.2) is 11.7 Å². The second-order valence-electron chi connectivity index (χ2n) is 12.4. The fourth-order valence-corrected chi connectivity index (χ4v) is 7.53. The first kappa shape index (κ1) is 28.2. The van der Waals surface area contributed by atoms with Crippen molar-refractivity contribution in [3.63, 3.8) is 0 Å². The van der Waals surface area contributed by atoms with Gasteiger partial charge in [0.1, 0.15) is 11.7 Å². The number of benzene rings is 2. The molecule has 0 spiro atoms. The highest BCUT2D eigenvalue weighted by Gasteiger charge is 2.53. The maximum atomic E-state index is 9.67. The molecule has 1 aliphatic rings. The van der Waals surface area contributed by atoms with Crippen LogP contribution in [0.3, 0.4) is 0 Å². The molecule has 1 fully saturated rings. The van der Waals surface area contributed by atoms with E-state index in [1.807, 2.05) is 35.2 Å². The van der Waals surface area contributed by atoms with Crippen LogP contribution in [0.2, 0.25) is 0 Å². The zero-order valence-corrected chi connectivity index (χ0v) is 23.9. The van der Waals surface area contributed by atoms with Crippen molar-refractivity contribution in [2.75, 3.05) is 4.90 Å². The first-order valence-corrected chi connectivity index (χ1v) is 14.1. The largest absolute Gasteiger partial charge is 0.288 e. The summed E-state index contributed by atoms with van der Waals surface area (Å²) >= 11 is 0. The Bertz CT molecular complexity index is 1020. The molecule has 1 aliphatic carbocycles. The van der Waals surface area contributed by atoms with Gasteiger partial charge in [0.2, 0.25) is 0 Å². The van der Waals surface area contributed by atoms with Gasteiger partial charge in [0.05, 0.1) is 0 Å². The topological polar surface area (TPSA) is 50.9 Å². The molecule has 0 aromatic heterocycles. The Morgan fingerprint density at radius 1 is 0.833 bits per heavy atom. The molecule has 0 saturated heterocycles. The molecule has 0 radical (unpaired) electrons. The minimum Gasteiger partial charge on any atom is -0.288 e. The van der Waals surface area contributed by atoms with Crippen molar-refractivity contribution >= 4 is 17.4 Å². The van der Waals surface area contributed by atoms with Crippen LogP contribution in [-0.2, 0) is 5.41 Å². The molecule has 0 amide bonds.